The highest BCUT2D eigenvalue weighted by molar-refractivity contribution is 6.21. The number of imide groups is 1. The first-order chi connectivity index (χ1) is 17.2. The Morgan fingerprint density at radius 3 is 2.53 bits per heavy atom. The van der Waals surface area contributed by atoms with Crippen LogP contribution in [0.15, 0.2) is 47.3 Å². The number of nitrogens with zero attached hydrogens (tertiary/aromatic N) is 4. The first kappa shape index (κ1) is 25.5. The molecule has 1 saturated heterocycles. The lowest BCUT2D eigenvalue weighted by molar-refractivity contribution is -0.119. The van der Waals surface area contributed by atoms with Gasteiger partial charge in [0, 0.05) is 37.5 Å². The molecule has 4 rings (SSSR count). The number of aliphatic hydroxyl groups is 1. The number of hydrogen-bond acceptors (Lipinski definition) is 6. The SMILES string of the molecule is CC(C)N(CCO)CCN1C(=O)N(c2cc(Cc3n[nH]c(=O)c4ccccc34)ccc2F)C(=O)C1C. The average molecular weight is 496 g/mol. The minimum Gasteiger partial charge on any atom is -0.395 e. The number of aromatic amines is 1. The number of aliphatic hydroxyl groups excluding tert-OH is 1. The molecule has 190 valence electrons. The van der Waals surface area contributed by atoms with Gasteiger partial charge in [-0.25, -0.2) is 19.2 Å². The normalized spacial score (nSPS) is 16.2. The Labute approximate surface area is 208 Å². The maximum absolute atomic E-state index is 14.9. The fourth-order valence-corrected chi connectivity index (χ4v) is 4.55. The van der Waals surface area contributed by atoms with Crippen LogP contribution in [0.2, 0.25) is 0 Å². The monoisotopic (exact) mass is 495 g/mol. The average Bonchev–Trinajstić information content (AvgIpc) is 3.07. The van der Waals surface area contributed by atoms with Gasteiger partial charge < -0.3 is 10.0 Å². The van der Waals surface area contributed by atoms with Gasteiger partial charge in [0.1, 0.15) is 11.9 Å². The predicted molar refractivity (Wildman–Crippen MR) is 134 cm³/mol. The van der Waals surface area contributed by atoms with Gasteiger partial charge in [0.2, 0.25) is 0 Å². The first-order valence-electron chi connectivity index (χ1n) is 12.0. The molecule has 36 heavy (non-hydrogen) atoms. The van der Waals surface area contributed by atoms with Crippen LogP contribution in [0.25, 0.3) is 10.8 Å². The quantitative estimate of drug-likeness (QED) is 0.442. The highest BCUT2D eigenvalue weighted by Gasteiger charge is 2.44. The third-order valence-electron chi connectivity index (χ3n) is 6.63. The zero-order valence-electron chi connectivity index (χ0n) is 20.6. The molecule has 0 radical (unpaired) electrons. The van der Waals surface area contributed by atoms with E-state index in [0.29, 0.717) is 35.1 Å². The highest BCUT2D eigenvalue weighted by atomic mass is 19.1. The predicted octanol–water partition coefficient (Wildman–Crippen LogP) is 2.51. The van der Waals surface area contributed by atoms with Gasteiger partial charge in [0.05, 0.1) is 23.4 Å². The lowest BCUT2D eigenvalue weighted by Gasteiger charge is -2.28. The molecule has 1 unspecified atom stereocenters. The van der Waals surface area contributed by atoms with Crippen molar-refractivity contribution in [3.8, 4) is 0 Å². The number of aromatic nitrogens is 2. The molecule has 10 heteroatoms. The molecular formula is C26H30FN5O4. The summed E-state index contributed by atoms with van der Waals surface area (Å²) in [4.78, 5) is 42.7. The number of rotatable bonds is 9. The van der Waals surface area contributed by atoms with E-state index in [1.807, 2.05) is 24.8 Å². The van der Waals surface area contributed by atoms with E-state index in [1.54, 1.807) is 31.2 Å². The van der Waals surface area contributed by atoms with Gasteiger partial charge in [-0.05, 0) is 44.5 Å². The Morgan fingerprint density at radius 1 is 1.11 bits per heavy atom. The second-order valence-corrected chi connectivity index (χ2v) is 9.19. The summed E-state index contributed by atoms with van der Waals surface area (Å²) in [7, 11) is 0. The van der Waals surface area contributed by atoms with Crippen LogP contribution in [-0.2, 0) is 11.2 Å². The largest absolute Gasteiger partial charge is 0.395 e. The van der Waals surface area contributed by atoms with E-state index in [-0.39, 0.29) is 36.9 Å². The lowest BCUT2D eigenvalue weighted by atomic mass is 10.0. The number of H-pyrrole nitrogens is 1. The molecule has 0 bridgehead atoms. The summed E-state index contributed by atoms with van der Waals surface area (Å²) < 4.78 is 14.9. The van der Waals surface area contributed by atoms with Gasteiger partial charge in [-0.3, -0.25) is 14.5 Å². The summed E-state index contributed by atoms with van der Waals surface area (Å²) in [5.74, 6) is -1.18. The Balaban J connectivity index is 1.60. The maximum atomic E-state index is 14.9. The molecule has 2 heterocycles. The van der Waals surface area contributed by atoms with Gasteiger partial charge in [0.15, 0.2) is 0 Å². The standard InChI is InChI=1S/C26H30FN5O4/c1-16(2)30(12-13-33)10-11-31-17(3)25(35)32(26(31)36)23-15-18(8-9-21(23)27)14-22-19-6-4-5-7-20(19)24(34)29-28-22/h4-9,15-17,33H,10-14H2,1-3H3,(H,29,34). The van der Waals surface area contributed by atoms with Crippen molar-refractivity contribution in [3.63, 3.8) is 0 Å². The number of urea groups is 1. The second-order valence-electron chi connectivity index (χ2n) is 9.19. The molecule has 2 N–H and O–H groups in total. The molecule has 0 aliphatic carbocycles. The second kappa shape index (κ2) is 10.5. The van der Waals surface area contributed by atoms with E-state index in [4.69, 9.17) is 0 Å². The summed E-state index contributed by atoms with van der Waals surface area (Å²) in [5.41, 5.74) is 0.819. The summed E-state index contributed by atoms with van der Waals surface area (Å²) in [6.45, 7) is 6.80. The van der Waals surface area contributed by atoms with E-state index in [2.05, 4.69) is 10.2 Å². The van der Waals surface area contributed by atoms with Gasteiger partial charge in [-0.2, -0.15) is 5.10 Å². The molecule has 0 spiro atoms. The van der Waals surface area contributed by atoms with Crippen LogP contribution in [0, 0.1) is 5.82 Å². The van der Waals surface area contributed by atoms with Gasteiger partial charge in [-0.15, -0.1) is 0 Å². The summed E-state index contributed by atoms with van der Waals surface area (Å²) in [6.07, 6.45) is 0.268. The van der Waals surface area contributed by atoms with E-state index in [1.165, 1.54) is 17.0 Å². The van der Waals surface area contributed by atoms with Crippen molar-refractivity contribution in [2.75, 3.05) is 31.1 Å². The minimum atomic E-state index is -0.742. The van der Waals surface area contributed by atoms with Gasteiger partial charge >= 0.3 is 6.03 Å². The third-order valence-corrected chi connectivity index (χ3v) is 6.63. The summed E-state index contributed by atoms with van der Waals surface area (Å²) in [6, 6.07) is 10.2. The fourth-order valence-electron chi connectivity index (χ4n) is 4.55. The molecule has 9 nitrogen and oxygen atoms in total. The molecule has 2 aromatic carbocycles. The molecule has 3 aromatic rings. The fraction of sp³-hybridized carbons (Fsp3) is 0.385. The van der Waals surface area contributed by atoms with Crippen LogP contribution in [-0.4, -0.2) is 75.4 Å². The number of anilines is 1. The lowest BCUT2D eigenvalue weighted by Crippen LogP contribution is -2.43. The van der Waals surface area contributed by atoms with Crippen molar-refractivity contribution in [2.45, 2.75) is 39.3 Å². The highest BCUT2D eigenvalue weighted by Crippen LogP contribution is 2.29. The van der Waals surface area contributed by atoms with E-state index < -0.39 is 23.8 Å². The molecule has 1 aliphatic heterocycles. The van der Waals surface area contributed by atoms with Crippen LogP contribution >= 0.6 is 0 Å². The molecule has 1 aromatic heterocycles. The molecule has 1 atom stereocenters. The Kier molecular flexibility index (Phi) is 7.46. The van der Waals surface area contributed by atoms with Crippen molar-refractivity contribution in [1.82, 2.24) is 20.0 Å². The molecule has 1 aliphatic rings. The van der Waals surface area contributed by atoms with Crippen molar-refractivity contribution in [2.24, 2.45) is 0 Å². The summed E-state index contributed by atoms with van der Waals surface area (Å²) >= 11 is 0. The van der Waals surface area contributed by atoms with Crippen molar-refractivity contribution in [1.29, 1.82) is 0 Å². The smallest absolute Gasteiger partial charge is 0.332 e. The first-order valence-corrected chi connectivity index (χ1v) is 12.0. The number of nitrogens with one attached hydrogen (secondary N) is 1. The number of fused-ring (bicyclic) bond motifs is 1. The Morgan fingerprint density at radius 2 is 1.83 bits per heavy atom. The Hall–Kier alpha value is -3.63. The number of halogens is 1. The van der Waals surface area contributed by atoms with E-state index in [9.17, 15) is 23.9 Å². The zero-order valence-corrected chi connectivity index (χ0v) is 20.6. The number of amides is 3. The molecule has 3 amide bonds. The Bertz CT molecular complexity index is 1340. The van der Waals surface area contributed by atoms with Gasteiger partial charge in [0.25, 0.3) is 11.5 Å². The van der Waals surface area contributed by atoms with Crippen LogP contribution < -0.4 is 10.5 Å². The van der Waals surface area contributed by atoms with Crippen molar-refractivity contribution < 1.29 is 19.1 Å². The minimum absolute atomic E-state index is 0.00974. The van der Waals surface area contributed by atoms with Crippen molar-refractivity contribution in [3.05, 3.63) is 69.9 Å². The molecule has 1 fully saturated rings. The third kappa shape index (κ3) is 4.87. The molecule has 0 saturated carbocycles. The van der Waals surface area contributed by atoms with Crippen molar-refractivity contribution >= 4 is 28.4 Å². The van der Waals surface area contributed by atoms with Gasteiger partial charge in [-0.1, -0.05) is 24.3 Å². The molecular weight excluding hydrogens is 465 g/mol. The van der Waals surface area contributed by atoms with E-state index >= 15 is 0 Å². The zero-order chi connectivity index (χ0) is 26.0. The number of hydrogen-bond donors (Lipinski definition) is 2. The number of benzene rings is 2. The number of carbonyl (C=O) groups is 2. The van der Waals surface area contributed by atoms with Crippen LogP contribution in [0.5, 0.6) is 0 Å². The maximum Gasteiger partial charge on any atom is 0.332 e. The summed E-state index contributed by atoms with van der Waals surface area (Å²) in [5, 5.41) is 17.1. The van der Waals surface area contributed by atoms with Crippen LogP contribution in [0.3, 0.4) is 0 Å². The van der Waals surface area contributed by atoms with Crippen LogP contribution in [0.4, 0.5) is 14.9 Å². The van der Waals surface area contributed by atoms with E-state index in [0.717, 1.165) is 4.90 Å². The van der Waals surface area contributed by atoms with Crippen LogP contribution in [0.1, 0.15) is 32.0 Å². The topological polar surface area (TPSA) is 110 Å². The number of carbonyl (C=O) groups excluding carboxylic acids is 2.